The molecule has 118 valence electrons. The van der Waals surface area contributed by atoms with Crippen molar-refractivity contribution in [3.63, 3.8) is 0 Å². The summed E-state index contributed by atoms with van der Waals surface area (Å²) in [5, 5.41) is 13.2. The SMILES string of the molecule is Cc1sc(NC(=O)[C@@]2(C)CC2(Br)Br)c(C#N)c1-c1ccccc1. The molecule has 0 unspecified atom stereocenters. The number of amides is 1. The van der Waals surface area contributed by atoms with Crippen LogP contribution in [0, 0.1) is 23.7 Å². The van der Waals surface area contributed by atoms with Gasteiger partial charge in [-0.2, -0.15) is 5.26 Å². The molecule has 0 saturated heterocycles. The van der Waals surface area contributed by atoms with Crippen molar-refractivity contribution in [2.75, 3.05) is 5.32 Å². The van der Waals surface area contributed by atoms with Crippen molar-refractivity contribution in [2.45, 2.75) is 23.5 Å². The summed E-state index contributed by atoms with van der Waals surface area (Å²) in [5.74, 6) is -0.0800. The predicted octanol–water partition coefficient (Wildman–Crippen LogP) is 5.43. The van der Waals surface area contributed by atoms with Gasteiger partial charge in [-0.25, -0.2) is 0 Å². The van der Waals surface area contributed by atoms with Gasteiger partial charge in [-0.05, 0) is 25.8 Å². The molecule has 0 spiro atoms. The Hall–Kier alpha value is -1.16. The van der Waals surface area contributed by atoms with Gasteiger partial charge in [0.05, 0.1) is 14.2 Å². The smallest absolute Gasteiger partial charge is 0.233 e. The highest BCUT2D eigenvalue weighted by Gasteiger charge is 2.66. The molecule has 3 rings (SSSR count). The number of alkyl halides is 2. The number of benzene rings is 1. The molecule has 6 heteroatoms. The number of nitrogens with zero attached hydrogens (tertiary/aromatic N) is 1. The van der Waals surface area contributed by atoms with Gasteiger partial charge in [-0.1, -0.05) is 62.2 Å². The van der Waals surface area contributed by atoms with Crippen molar-refractivity contribution in [3.8, 4) is 17.2 Å². The first-order valence-electron chi connectivity index (χ1n) is 7.08. The molecule has 1 fully saturated rings. The first-order chi connectivity index (χ1) is 10.8. The normalized spacial score (nSPS) is 21.5. The lowest BCUT2D eigenvalue weighted by atomic mass is 10.0. The first kappa shape index (κ1) is 16.7. The van der Waals surface area contributed by atoms with Crippen molar-refractivity contribution in [3.05, 3.63) is 40.8 Å². The number of carbonyl (C=O) groups is 1. The minimum absolute atomic E-state index is 0.0800. The van der Waals surface area contributed by atoms with Gasteiger partial charge in [-0.3, -0.25) is 4.79 Å². The van der Waals surface area contributed by atoms with Gasteiger partial charge in [0.2, 0.25) is 5.91 Å². The van der Waals surface area contributed by atoms with E-state index in [-0.39, 0.29) is 9.14 Å². The van der Waals surface area contributed by atoms with Crippen LogP contribution in [0.15, 0.2) is 30.3 Å². The summed E-state index contributed by atoms with van der Waals surface area (Å²) >= 11 is 8.47. The Bertz CT molecular complexity index is 823. The second kappa shape index (κ2) is 5.73. The summed E-state index contributed by atoms with van der Waals surface area (Å²) in [7, 11) is 0. The van der Waals surface area contributed by atoms with Crippen LogP contribution in [0.2, 0.25) is 0 Å². The highest BCUT2D eigenvalue weighted by Crippen LogP contribution is 2.66. The van der Waals surface area contributed by atoms with Crippen LogP contribution in [-0.2, 0) is 4.79 Å². The summed E-state index contributed by atoms with van der Waals surface area (Å²) in [4.78, 5) is 13.6. The third kappa shape index (κ3) is 2.75. The number of halogens is 2. The van der Waals surface area contributed by atoms with Crippen LogP contribution in [0.4, 0.5) is 5.00 Å². The van der Waals surface area contributed by atoms with Crippen molar-refractivity contribution in [1.82, 2.24) is 0 Å². The zero-order chi connectivity index (χ0) is 16.8. The van der Waals surface area contributed by atoms with Gasteiger partial charge in [0.1, 0.15) is 11.1 Å². The van der Waals surface area contributed by atoms with E-state index in [1.807, 2.05) is 44.2 Å². The van der Waals surface area contributed by atoms with E-state index in [1.54, 1.807) is 0 Å². The lowest BCUT2D eigenvalue weighted by Crippen LogP contribution is -2.25. The van der Waals surface area contributed by atoms with Crippen LogP contribution < -0.4 is 5.32 Å². The van der Waals surface area contributed by atoms with E-state index in [2.05, 4.69) is 43.2 Å². The molecule has 1 aromatic carbocycles. The van der Waals surface area contributed by atoms with Crippen molar-refractivity contribution >= 4 is 54.1 Å². The largest absolute Gasteiger partial charge is 0.316 e. The number of hydrogen-bond acceptors (Lipinski definition) is 3. The van der Waals surface area contributed by atoms with Crippen LogP contribution in [-0.4, -0.2) is 9.14 Å². The van der Waals surface area contributed by atoms with Gasteiger partial charge in [-0.15, -0.1) is 11.3 Å². The molecule has 2 aromatic rings. The van der Waals surface area contributed by atoms with Gasteiger partial charge in [0, 0.05) is 10.4 Å². The number of rotatable bonds is 3. The molecule has 1 amide bonds. The van der Waals surface area contributed by atoms with Crippen LogP contribution >= 0.6 is 43.2 Å². The Balaban J connectivity index is 1.97. The number of aryl methyl sites for hydroxylation is 1. The van der Waals surface area contributed by atoms with E-state index in [0.29, 0.717) is 17.0 Å². The summed E-state index contributed by atoms with van der Waals surface area (Å²) in [6, 6.07) is 12.0. The van der Waals surface area contributed by atoms with Crippen molar-refractivity contribution < 1.29 is 4.79 Å². The minimum atomic E-state index is -0.509. The number of anilines is 1. The topological polar surface area (TPSA) is 52.9 Å². The number of nitrogens with one attached hydrogen (secondary N) is 1. The van der Waals surface area contributed by atoms with Crippen molar-refractivity contribution in [2.24, 2.45) is 5.41 Å². The Labute approximate surface area is 156 Å². The molecular formula is C17H14Br2N2OS. The molecule has 1 saturated carbocycles. The van der Waals surface area contributed by atoms with Crippen LogP contribution in [0.1, 0.15) is 23.8 Å². The van der Waals surface area contributed by atoms with E-state index < -0.39 is 5.41 Å². The fraction of sp³-hybridized carbons (Fsp3) is 0.294. The fourth-order valence-electron chi connectivity index (χ4n) is 2.58. The predicted molar refractivity (Wildman–Crippen MR) is 101 cm³/mol. The summed E-state index contributed by atoms with van der Waals surface area (Å²) in [6.45, 7) is 3.87. The molecule has 0 aliphatic heterocycles. The van der Waals surface area contributed by atoms with Crippen LogP contribution in [0.3, 0.4) is 0 Å². The molecule has 1 aliphatic rings. The fourth-order valence-corrected chi connectivity index (χ4v) is 5.08. The molecule has 1 heterocycles. The molecule has 0 bridgehead atoms. The van der Waals surface area contributed by atoms with E-state index >= 15 is 0 Å². The Morgan fingerprint density at radius 2 is 1.96 bits per heavy atom. The number of hydrogen-bond donors (Lipinski definition) is 1. The molecule has 0 radical (unpaired) electrons. The third-order valence-electron chi connectivity index (χ3n) is 4.24. The maximum atomic E-state index is 12.6. The maximum Gasteiger partial charge on any atom is 0.233 e. The molecule has 1 atom stereocenters. The van der Waals surface area contributed by atoms with E-state index in [1.165, 1.54) is 11.3 Å². The second-order valence-electron chi connectivity index (χ2n) is 5.88. The van der Waals surface area contributed by atoms with Crippen molar-refractivity contribution in [1.29, 1.82) is 5.26 Å². The van der Waals surface area contributed by atoms with E-state index in [9.17, 15) is 10.1 Å². The highest BCUT2D eigenvalue weighted by atomic mass is 79.9. The molecule has 1 aromatic heterocycles. The average Bonchev–Trinajstić information content (AvgIpc) is 2.88. The maximum absolute atomic E-state index is 12.6. The summed E-state index contributed by atoms with van der Waals surface area (Å²) < 4.78 is -0.349. The zero-order valence-electron chi connectivity index (χ0n) is 12.6. The lowest BCUT2D eigenvalue weighted by molar-refractivity contribution is -0.120. The first-order valence-corrected chi connectivity index (χ1v) is 9.48. The lowest BCUT2D eigenvalue weighted by Gasteiger charge is -2.12. The zero-order valence-corrected chi connectivity index (χ0v) is 16.6. The molecular weight excluding hydrogens is 440 g/mol. The monoisotopic (exact) mass is 452 g/mol. The molecule has 1 aliphatic carbocycles. The Morgan fingerprint density at radius 1 is 1.35 bits per heavy atom. The Morgan fingerprint density at radius 3 is 2.48 bits per heavy atom. The van der Waals surface area contributed by atoms with Gasteiger partial charge < -0.3 is 5.32 Å². The third-order valence-corrected chi connectivity index (χ3v) is 7.58. The molecule has 23 heavy (non-hydrogen) atoms. The van der Waals surface area contributed by atoms with Gasteiger partial charge >= 0.3 is 0 Å². The second-order valence-corrected chi connectivity index (χ2v) is 10.9. The minimum Gasteiger partial charge on any atom is -0.316 e. The summed E-state index contributed by atoms with van der Waals surface area (Å²) in [6.07, 6.45) is 0.712. The standard InChI is InChI=1S/C17H14Br2N2OS/c1-10-13(11-6-4-3-5-7-11)12(8-20)14(23-10)21-15(22)16(2)9-17(16,18)19/h3-7H,9H2,1-2H3,(H,21,22)/t16-/m1/s1. The molecule has 1 N–H and O–H groups in total. The average molecular weight is 454 g/mol. The Kier molecular flexibility index (Phi) is 4.16. The van der Waals surface area contributed by atoms with E-state index in [4.69, 9.17) is 0 Å². The number of nitriles is 1. The quantitative estimate of drug-likeness (QED) is 0.630. The van der Waals surface area contributed by atoms with Gasteiger partial charge in [0.15, 0.2) is 0 Å². The molecule has 3 nitrogen and oxygen atoms in total. The highest BCUT2D eigenvalue weighted by molar-refractivity contribution is 9.25. The van der Waals surface area contributed by atoms with Crippen LogP contribution in [0.5, 0.6) is 0 Å². The van der Waals surface area contributed by atoms with Crippen LogP contribution in [0.25, 0.3) is 11.1 Å². The van der Waals surface area contributed by atoms with E-state index in [0.717, 1.165) is 16.0 Å². The number of carbonyl (C=O) groups excluding carboxylic acids is 1. The van der Waals surface area contributed by atoms with Gasteiger partial charge in [0.25, 0.3) is 0 Å². The number of thiophene rings is 1. The summed E-state index contributed by atoms with van der Waals surface area (Å²) in [5.41, 5.74) is 1.92.